The highest BCUT2D eigenvalue weighted by molar-refractivity contribution is 5.16. The molecule has 0 aromatic heterocycles. The predicted octanol–water partition coefficient (Wildman–Crippen LogP) is 3.96. The standard InChI is InChI=1S/C20H34N2/c1-17-16-22(20(15-21-17)14-13-18-11-12-18)19-9-7-5-3-2-4-6-8-10-19/h17-21H,2-12,15-16H2,1H3/t17-,20?/m1/s1. The molecule has 0 radical (unpaired) electrons. The summed E-state index contributed by atoms with van der Waals surface area (Å²) in [4.78, 5) is 2.78. The fraction of sp³-hybridized carbons (Fsp3) is 0.900. The van der Waals surface area contributed by atoms with Crippen molar-refractivity contribution < 1.29 is 0 Å². The molecule has 2 saturated carbocycles. The van der Waals surface area contributed by atoms with Crippen LogP contribution in [0.3, 0.4) is 0 Å². The number of nitrogens with one attached hydrogen (secondary N) is 1. The average molecular weight is 303 g/mol. The van der Waals surface area contributed by atoms with Gasteiger partial charge in [-0.2, -0.15) is 0 Å². The largest absolute Gasteiger partial charge is 0.310 e. The summed E-state index contributed by atoms with van der Waals surface area (Å²) in [5.41, 5.74) is 0. The van der Waals surface area contributed by atoms with E-state index < -0.39 is 0 Å². The maximum atomic E-state index is 3.65. The van der Waals surface area contributed by atoms with E-state index in [0.717, 1.165) is 18.5 Å². The van der Waals surface area contributed by atoms with Gasteiger partial charge >= 0.3 is 0 Å². The minimum Gasteiger partial charge on any atom is -0.310 e. The Bertz CT molecular complexity index is 380. The zero-order valence-corrected chi connectivity index (χ0v) is 14.4. The molecule has 22 heavy (non-hydrogen) atoms. The number of piperazine rings is 1. The lowest BCUT2D eigenvalue weighted by Crippen LogP contribution is -2.58. The molecule has 0 amide bonds. The summed E-state index contributed by atoms with van der Waals surface area (Å²) < 4.78 is 0. The first-order valence-corrected chi connectivity index (χ1v) is 9.83. The summed E-state index contributed by atoms with van der Waals surface area (Å²) in [5.74, 6) is 7.88. The molecule has 0 aromatic carbocycles. The van der Waals surface area contributed by atoms with Crippen molar-refractivity contribution in [2.45, 2.75) is 95.7 Å². The van der Waals surface area contributed by atoms with Gasteiger partial charge in [-0.3, -0.25) is 4.90 Å². The average Bonchev–Trinajstić information content (AvgIpc) is 3.35. The van der Waals surface area contributed by atoms with E-state index in [-0.39, 0.29) is 0 Å². The van der Waals surface area contributed by atoms with Gasteiger partial charge in [0.15, 0.2) is 0 Å². The third-order valence-electron chi connectivity index (χ3n) is 5.62. The van der Waals surface area contributed by atoms with Crippen molar-refractivity contribution in [3.05, 3.63) is 0 Å². The third-order valence-corrected chi connectivity index (χ3v) is 5.62. The first-order valence-electron chi connectivity index (χ1n) is 9.83. The van der Waals surface area contributed by atoms with Crippen LogP contribution in [0.4, 0.5) is 0 Å². The lowest BCUT2D eigenvalue weighted by molar-refractivity contribution is 0.0987. The Balaban J connectivity index is 1.63. The molecule has 2 nitrogen and oxygen atoms in total. The second-order valence-electron chi connectivity index (χ2n) is 7.79. The zero-order valence-electron chi connectivity index (χ0n) is 14.4. The smallest absolute Gasteiger partial charge is 0.0843 e. The first kappa shape index (κ1) is 16.3. The Kier molecular flexibility index (Phi) is 6.21. The molecule has 1 unspecified atom stereocenters. The molecule has 124 valence electrons. The van der Waals surface area contributed by atoms with Crippen LogP contribution in [-0.4, -0.2) is 36.1 Å². The highest BCUT2D eigenvalue weighted by atomic mass is 15.2. The van der Waals surface area contributed by atoms with Crippen molar-refractivity contribution in [1.29, 1.82) is 0 Å². The Morgan fingerprint density at radius 3 is 2.09 bits per heavy atom. The Morgan fingerprint density at radius 2 is 1.45 bits per heavy atom. The molecular weight excluding hydrogens is 268 g/mol. The van der Waals surface area contributed by atoms with E-state index in [9.17, 15) is 0 Å². The van der Waals surface area contributed by atoms with Gasteiger partial charge in [0, 0.05) is 31.1 Å². The van der Waals surface area contributed by atoms with Crippen LogP contribution in [0.15, 0.2) is 0 Å². The normalized spacial score (nSPS) is 33.0. The second-order valence-corrected chi connectivity index (χ2v) is 7.79. The van der Waals surface area contributed by atoms with Gasteiger partial charge in [-0.15, -0.1) is 0 Å². The lowest BCUT2D eigenvalue weighted by atomic mass is 9.94. The van der Waals surface area contributed by atoms with Crippen molar-refractivity contribution in [2.24, 2.45) is 5.92 Å². The van der Waals surface area contributed by atoms with Gasteiger partial charge in [0.1, 0.15) is 0 Å². The van der Waals surface area contributed by atoms with Crippen molar-refractivity contribution in [3.63, 3.8) is 0 Å². The van der Waals surface area contributed by atoms with E-state index in [0.29, 0.717) is 12.1 Å². The van der Waals surface area contributed by atoms with Crippen molar-refractivity contribution in [1.82, 2.24) is 10.2 Å². The molecule has 2 aliphatic carbocycles. The van der Waals surface area contributed by atoms with Gasteiger partial charge in [0.05, 0.1) is 6.04 Å². The Labute approximate surface area is 137 Å². The summed E-state index contributed by atoms with van der Waals surface area (Å²) >= 11 is 0. The maximum Gasteiger partial charge on any atom is 0.0843 e. The summed E-state index contributed by atoms with van der Waals surface area (Å²) in [6, 6.07) is 1.86. The van der Waals surface area contributed by atoms with E-state index >= 15 is 0 Å². The molecule has 1 aliphatic heterocycles. The summed E-state index contributed by atoms with van der Waals surface area (Å²) in [7, 11) is 0. The second kappa shape index (κ2) is 8.37. The summed E-state index contributed by atoms with van der Waals surface area (Å²) in [5, 5.41) is 3.65. The van der Waals surface area contributed by atoms with Gasteiger partial charge < -0.3 is 5.32 Å². The van der Waals surface area contributed by atoms with Gasteiger partial charge in [-0.25, -0.2) is 0 Å². The molecule has 2 atom stereocenters. The molecular formula is C20H34N2. The molecule has 1 N–H and O–H groups in total. The van der Waals surface area contributed by atoms with E-state index in [2.05, 4.69) is 29.0 Å². The summed E-state index contributed by atoms with van der Waals surface area (Å²) in [6.45, 7) is 4.59. The van der Waals surface area contributed by atoms with Crippen LogP contribution in [0.2, 0.25) is 0 Å². The number of hydrogen-bond acceptors (Lipinski definition) is 2. The minimum absolute atomic E-state index is 0.463. The highest BCUT2D eigenvalue weighted by Crippen LogP contribution is 2.28. The van der Waals surface area contributed by atoms with Crippen molar-refractivity contribution >= 4 is 0 Å². The van der Waals surface area contributed by atoms with E-state index in [4.69, 9.17) is 0 Å². The van der Waals surface area contributed by atoms with Crippen molar-refractivity contribution in [3.8, 4) is 11.8 Å². The van der Waals surface area contributed by atoms with Gasteiger partial charge in [0.2, 0.25) is 0 Å². The van der Waals surface area contributed by atoms with Crippen LogP contribution < -0.4 is 5.32 Å². The van der Waals surface area contributed by atoms with Gasteiger partial charge in [-0.05, 0) is 32.6 Å². The van der Waals surface area contributed by atoms with E-state index in [1.807, 2.05) is 0 Å². The molecule has 0 bridgehead atoms. The number of hydrogen-bond donors (Lipinski definition) is 1. The Hall–Kier alpha value is -0.520. The molecule has 0 aromatic rings. The first-order chi connectivity index (χ1) is 10.8. The SMILES string of the molecule is C[C@@H]1CN(C2CCCCCCCCC2)C(C#CC2CC2)CN1. The van der Waals surface area contributed by atoms with Crippen LogP contribution in [-0.2, 0) is 0 Å². The fourth-order valence-electron chi connectivity index (χ4n) is 4.04. The van der Waals surface area contributed by atoms with Gasteiger partial charge in [-0.1, -0.05) is 56.8 Å². The fourth-order valence-corrected chi connectivity index (χ4v) is 4.04. The van der Waals surface area contributed by atoms with E-state index in [1.54, 1.807) is 0 Å². The molecule has 1 heterocycles. The van der Waals surface area contributed by atoms with Crippen LogP contribution in [0, 0.1) is 17.8 Å². The topological polar surface area (TPSA) is 15.3 Å². The van der Waals surface area contributed by atoms with Crippen LogP contribution in [0.25, 0.3) is 0 Å². The summed E-state index contributed by atoms with van der Waals surface area (Å²) in [6.07, 6.45) is 15.6. The minimum atomic E-state index is 0.463. The third kappa shape index (κ3) is 5.00. The molecule has 3 fully saturated rings. The Morgan fingerprint density at radius 1 is 0.818 bits per heavy atom. The quantitative estimate of drug-likeness (QED) is 0.738. The molecule has 3 rings (SSSR count). The van der Waals surface area contributed by atoms with E-state index in [1.165, 1.54) is 77.2 Å². The van der Waals surface area contributed by atoms with Crippen molar-refractivity contribution in [2.75, 3.05) is 13.1 Å². The molecule has 2 heteroatoms. The number of rotatable bonds is 1. The van der Waals surface area contributed by atoms with Crippen LogP contribution >= 0.6 is 0 Å². The lowest BCUT2D eigenvalue weighted by Gasteiger charge is -2.42. The molecule has 3 aliphatic rings. The van der Waals surface area contributed by atoms with Crippen LogP contribution in [0.5, 0.6) is 0 Å². The zero-order chi connectivity index (χ0) is 15.2. The highest BCUT2D eigenvalue weighted by Gasteiger charge is 2.30. The monoisotopic (exact) mass is 302 g/mol. The molecule has 1 saturated heterocycles. The van der Waals surface area contributed by atoms with Gasteiger partial charge in [0.25, 0.3) is 0 Å². The van der Waals surface area contributed by atoms with Crippen LogP contribution in [0.1, 0.15) is 77.6 Å². The number of nitrogens with zero attached hydrogens (tertiary/aromatic N) is 1. The maximum absolute atomic E-state index is 3.65. The molecule has 0 spiro atoms. The predicted molar refractivity (Wildman–Crippen MR) is 93.8 cm³/mol.